The molecule has 2 N–H and O–H groups in total. The molecule has 2 fully saturated rings. The van der Waals surface area contributed by atoms with Crippen molar-refractivity contribution < 1.29 is 2.85 Å². The normalized spacial score (nSPS) is 23.5. The van der Waals surface area contributed by atoms with Gasteiger partial charge in [-0.05, 0) is 18.6 Å². The number of aromatic nitrogens is 3. The van der Waals surface area contributed by atoms with Crippen molar-refractivity contribution in [2.24, 2.45) is 0 Å². The lowest BCUT2D eigenvalue weighted by molar-refractivity contribution is 0.581. The van der Waals surface area contributed by atoms with E-state index in [0.29, 0.717) is 17.8 Å². The molecular weight excluding hydrogens is 276 g/mol. The largest absolute Gasteiger partial charge is 0.365 e. The number of piperazine rings is 1. The number of H-pyrrole nitrogens is 1. The fourth-order valence-corrected chi connectivity index (χ4v) is 3.86. The van der Waals surface area contributed by atoms with Crippen molar-refractivity contribution in [2.75, 3.05) is 18.0 Å². The Morgan fingerprint density at radius 3 is 3.14 bits per heavy atom. The zero-order valence-corrected chi connectivity index (χ0v) is 11.9. The summed E-state index contributed by atoms with van der Waals surface area (Å²) in [5.41, 5.74) is 3.43. The third-order valence-electron chi connectivity index (χ3n) is 4.84. The van der Waals surface area contributed by atoms with Crippen LogP contribution in [0.3, 0.4) is 0 Å². The van der Waals surface area contributed by atoms with Crippen molar-refractivity contribution in [3.8, 4) is 6.07 Å². The molecule has 0 radical (unpaired) electrons. The summed E-state index contributed by atoms with van der Waals surface area (Å²) in [6.45, 7) is 2.08. The fraction of sp³-hybridized carbons (Fsp3) is 0.312. The van der Waals surface area contributed by atoms with Crippen molar-refractivity contribution in [3.05, 3.63) is 30.2 Å². The summed E-state index contributed by atoms with van der Waals surface area (Å²) >= 11 is 0. The van der Waals surface area contributed by atoms with Crippen molar-refractivity contribution >= 4 is 27.6 Å². The first-order valence-corrected chi connectivity index (χ1v) is 7.50. The standard InChI is InChI=1S/C16H14N6.2H2/c17-5-9-4-12-13(7-20-9)21-16-15(12)14(1-2-18-16)22-8-10-3-11(22)6-19-10;;/h1-2,4,7,10-11,19H,3,6,8H2,(H,18,21);2*1H. The molecule has 2 aliphatic heterocycles. The molecule has 0 aliphatic carbocycles. The van der Waals surface area contributed by atoms with E-state index in [-0.39, 0.29) is 2.85 Å². The maximum atomic E-state index is 9.12. The third kappa shape index (κ3) is 1.51. The number of fused-ring (bicyclic) bond motifs is 5. The zero-order chi connectivity index (χ0) is 14.7. The summed E-state index contributed by atoms with van der Waals surface area (Å²) in [6.07, 6.45) is 4.78. The minimum absolute atomic E-state index is 0. The van der Waals surface area contributed by atoms with E-state index in [1.165, 1.54) is 12.1 Å². The minimum Gasteiger partial charge on any atom is -0.365 e. The predicted molar refractivity (Wildman–Crippen MR) is 87.9 cm³/mol. The third-order valence-corrected chi connectivity index (χ3v) is 4.84. The molecule has 0 saturated carbocycles. The van der Waals surface area contributed by atoms with Crippen LogP contribution < -0.4 is 10.2 Å². The first kappa shape index (κ1) is 12.0. The highest BCUT2D eigenvalue weighted by molar-refractivity contribution is 6.12. The number of pyridine rings is 2. The monoisotopic (exact) mass is 294 g/mol. The SMILES string of the molecule is N#Cc1cc2c(cn1)[nH]c1nccc(N3CC4CC3CN4)c12.[HH].[HH]. The van der Waals surface area contributed by atoms with E-state index in [1.54, 1.807) is 6.20 Å². The van der Waals surface area contributed by atoms with Gasteiger partial charge in [-0.1, -0.05) is 0 Å². The highest BCUT2D eigenvalue weighted by atomic mass is 15.3. The molecule has 6 nitrogen and oxygen atoms in total. The van der Waals surface area contributed by atoms with Gasteiger partial charge in [0, 0.05) is 39.6 Å². The number of hydrogen-bond donors (Lipinski definition) is 2. The smallest absolute Gasteiger partial charge is 0.141 e. The van der Waals surface area contributed by atoms with Gasteiger partial charge in [-0.15, -0.1) is 0 Å². The lowest BCUT2D eigenvalue weighted by Crippen LogP contribution is -2.43. The summed E-state index contributed by atoms with van der Waals surface area (Å²) < 4.78 is 0. The Morgan fingerprint density at radius 1 is 1.41 bits per heavy atom. The number of anilines is 1. The Morgan fingerprint density at radius 2 is 2.36 bits per heavy atom. The number of nitrogens with zero attached hydrogens (tertiary/aromatic N) is 4. The topological polar surface area (TPSA) is 80.6 Å². The molecule has 3 aromatic heterocycles. The van der Waals surface area contributed by atoms with Crippen LogP contribution in [-0.4, -0.2) is 40.1 Å². The van der Waals surface area contributed by atoms with E-state index in [2.05, 4.69) is 37.3 Å². The van der Waals surface area contributed by atoms with Gasteiger partial charge in [0.2, 0.25) is 0 Å². The Kier molecular flexibility index (Phi) is 2.27. The fourth-order valence-electron chi connectivity index (χ4n) is 3.86. The van der Waals surface area contributed by atoms with E-state index in [9.17, 15) is 0 Å². The van der Waals surface area contributed by atoms with E-state index in [4.69, 9.17) is 5.26 Å². The summed E-state index contributed by atoms with van der Waals surface area (Å²) in [4.78, 5) is 14.4. The number of hydrogen-bond acceptors (Lipinski definition) is 5. The van der Waals surface area contributed by atoms with Gasteiger partial charge in [0.1, 0.15) is 17.4 Å². The summed E-state index contributed by atoms with van der Waals surface area (Å²) in [6, 6.07) is 7.21. The molecule has 112 valence electrons. The molecule has 2 atom stereocenters. The van der Waals surface area contributed by atoms with Gasteiger partial charge in [-0.25, -0.2) is 9.97 Å². The Balaban J connectivity index is 0.000000845. The molecular formula is C16H18N6. The first-order valence-electron chi connectivity index (χ1n) is 7.50. The van der Waals surface area contributed by atoms with Gasteiger partial charge < -0.3 is 15.2 Å². The highest BCUT2D eigenvalue weighted by Crippen LogP contribution is 2.37. The molecule has 2 saturated heterocycles. The van der Waals surface area contributed by atoms with Crippen LogP contribution in [-0.2, 0) is 0 Å². The van der Waals surface area contributed by atoms with Crippen molar-refractivity contribution in [3.63, 3.8) is 0 Å². The van der Waals surface area contributed by atoms with Crippen molar-refractivity contribution in [1.29, 1.82) is 5.26 Å². The molecule has 3 aromatic rings. The van der Waals surface area contributed by atoms with Crippen LogP contribution in [0.25, 0.3) is 21.9 Å². The van der Waals surface area contributed by atoms with Crippen LogP contribution in [0.5, 0.6) is 0 Å². The molecule has 0 spiro atoms. The molecule has 6 heteroatoms. The Labute approximate surface area is 129 Å². The molecule has 2 unspecified atom stereocenters. The number of nitrogens with one attached hydrogen (secondary N) is 2. The second-order valence-corrected chi connectivity index (χ2v) is 6.05. The maximum absolute atomic E-state index is 9.12. The van der Waals surface area contributed by atoms with Gasteiger partial charge >= 0.3 is 0 Å². The molecule has 2 bridgehead atoms. The predicted octanol–water partition coefficient (Wildman–Crippen LogP) is 2.03. The van der Waals surface area contributed by atoms with Crippen LogP contribution in [0.2, 0.25) is 0 Å². The lowest BCUT2D eigenvalue weighted by atomic mass is 10.1. The second-order valence-electron chi connectivity index (χ2n) is 6.05. The van der Waals surface area contributed by atoms with Gasteiger partial charge in [0.25, 0.3) is 0 Å². The van der Waals surface area contributed by atoms with Crippen LogP contribution in [0.4, 0.5) is 5.69 Å². The summed E-state index contributed by atoms with van der Waals surface area (Å²) in [7, 11) is 0. The first-order chi connectivity index (χ1) is 10.8. The van der Waals surface area contributed by atoms with E-state index in [1.807, 2.05) is 12.3 Å². The van der Waals surface area contributed by atoms with Gasteiger partial charge in [0.05, 0.1) is 22.8 Å². The highest BCUT2D eigenvalue weighted by Gasteiger charge is 2.38. The summed E-state index contributed by atoms with van der Waals surface area (Å²) in [5.74, 6) is 0. The number of rotatable bonds is 1. The molecule has 0 amide bonds. The molecule has 2 aliphatic rings. The Bertz CT molecular complexity index is 947. The molecule has 5 heterocycles. The quantitative estimate of drug-likeness (QED) is 0.717. The second kappa shape index (κ2) is 4.18. The number of nitriles is 1. The van der Waals surface area contributed by atoms with Crippen LogP contribution >= 0.6 is 0 Å². The van der Waals surface area contributed by atoms with Crippen LogP contribution in [0.1, 0.15) is 15.0 Å². The average Bonchev–Trinajstić information content (AvgIpc) is 3.26. The van der Waals surface area contributed by atoms with Crippen molar-refractivity contribution in [2.45, 2.75) is 18.5 Å². The van der Waals surface area contributed by atoms with E-state index in [0.717, 1.165) is 35.0 Å². The number of aromatic amines is 1. The van der Waals surface area contributed by atoms with Gasteiger partial charge in [-0.3, -0.25) is 0 Å². The minimum atomic E-state index is 0. The van der Waals surface area contributed by atoms with Gasteiger partial charge in [0.15, 0.2) is 0 Å². The maximum Gasteiger partial charge on any atom is 0.141 e. The van der Waals surface area contributed by atoms with Crippen molar-refractivity contribution in [1.82, 2.24) is 20.3 Å². The zero-order valence-electron chi connectivity index (χ0n) is 11.9. The molecule has 0 aromatic carbocycles. The van der Waals surface area contributed by atoms with Crippen LogP contribution in [0, 0.1) is 11.3 Å². The van der Waals surface area contributed by atoms with Gasteiger partial charge in [-0.2, -0.15) is 5.26 Å². The molecule has 22 heavy (non-hydrogen) atoms. The molecule has 5 rings (SSSR count). The lowest BCUT2D eigenvalue weighted by Gasteiger charge is -2.30. The van der Waals surface area contributed by atoms with Crippen LogP contribution in [0.15, 0.2) is 24.5 Å². The average molecular weight is 294 g/mol. The Hall–Kier alpha value is -2.65. The summed E-state index contributed by atoms with van der Waals surface area (Å²) in [5, 5.41) is 14.8. The van der Waals surface area contributed by atoms with E-state index < -0.39 is 0 Å². The van der Waals surface area contributed by atoms with E-state index >= 15 is 0 Å².